The van der Waals surface area contributed by atoms with Gasteiger partial charge in [0.15, 0.2) is 5.78 Å². The molecule has 2 aromatic carbocycles. The largest absolute Gasteiger partial charge is 0.465 e. The van der Waals surface area contributed by atoms with Crippen LogP contribution in [0.5, 0.6) is 0 Å². The van der Waals surface area contributed by atoms with Crippen molar-refractivity contribution in [1.29, 1.82) is 0 Å². The van der Waals surface area contributed by atoms with E-state index in [4.69, 9.17) is 4.74 Å². The number of carbonyl (C=O) groups is 2. The van der Waals surface area contributed by atoms with Gasteiger partial charge in [0.05, 0.1) is 22.3 Å². The summed E-state index contributed by atoms with van der Waals surface area (Å²) < 4.78 is 34.0. The number of thiophene rings is 1. The minimum absolute atomic E-state index is 0.00623. The molecular formula is C25H25NO5S2. The Balaban J connectivity index is 2.03. The van der Waals surface area contributed by atoms with Crippen LogP contribution in [-0.4, -0.2) is 32.8 Å². The maximum atomic E-state index is 13.4. The van der Waals surface area contributed by atoms with Gasteiger partial charge in [0, 0.05) is 0 Å². The van der Waals surface area contributed by atoms with Crippen LogP contribution in [-0.2, 0) is 19.6 Å². The second-order valence-corrected chi connectivity index (χ2v) is 9.96. The topological polar surface area (TPSA) is 89.5 Å². The fraction of sp³-hybridized carbons (Fsp3) is 0.200. The molecule has 172 valence electrons. The molecule has 0 aliphatic carbocycles. The summed E-state index contributed by atoms with van der Waals surface area (Å²) in [4.78, 5) is 26.6. The van der Waals surface area contributed by atoms with Crippen LogP contribution in [0.2, 0.25) is 0 Å². The summed E-state index contributed by atoms with van der Waals surface area (Å²) in [7, 11) is -4.10. The molecule has 0 aliphatic rings. The molecule has 2 unspecified atom stereocenters. The molecule has 33 heavy (non-hydrogen) atoms. The van der Waals surface area contributed by atoms with Crippen molar-refractivity contribution in [1.82, 2.24) is 4.72 Å². The molecule has 1 aromatic heterocycles. The molecule has 2 atom stereocenters. The van der Waals surface area contributed by atoms with Crippen LogP contribution in [0, 0.1) is 12.8 Å². The number of rotatable bonds is 10. The van der Waals surface area contributed by atoms with E-state index in [1.54, 1.807) is 42.6 Å². The molecule has 0 radical (unpaired) electrons. The number of ether oxygens (including phenoxy) is 1. The number of hydrogen-bond donors (Lipinski definition) is 1. The van der Waals surface area contributed by atoms with Crippen LogP contribution in [0.25, 0.3) is 6.08 Å². The second kappa shape index (κ2) is 11.2. The van der Waals surface area contributed by atoms with E-state index < -0.39 is 33.7 Å². The normalized spacial score (nSPS) is 13.5. The Kier molecular flexibility index (Phi) is 8.32. The van der Waals surface area contributed by atoms with Crippen molar-refractivity contribution in [2.24, 2.45) is 5.92 Å². The number of hydrogen-bond acceptors (Lipinski definition) is 6. The lowest BCUT2D eigenvalue weighted by atomic mass is 9.94. The molecule has 0 spiro atoms. The van der Waals surface area contributed by atoms with Crippen molar-refractivity contribution < 1.29 is 22.7 Å². The molecule has 3 aromatic rings. The molecule has 0 bridgehead atoms. The van der Waals surface area contributed by atoms with Gasteiger partial charge >= 0.3 is 5.97 Å². The van der Waals surface area contributed by atoms with Crippen molar-refractivity contribution in [2.75, 3.05) is 6.61 Å². The minimum Gasteiger partial charge on any atom is -0.465 e. The number of carbonyl (C=O) groups excluding carboxylic acids is 2. The van der Waals surface area contributed by atoms with E-state index in [1.165, 1.54) is 29.5 Å². The first-order valence-electron chi connectivity index (χ1n) is 10.4. The van der Waals surface area contributed by atoms with E-state index >= 15 is 0 Å². The van der Waals surface area contributed by atoms with Gasteiger partial charge in [0.1, 0.15) is 6.04 Å². The Bertz CT molecular complexity index is 1200. The predicted octanol–water partition coefficient (Wildman–Crippen LogP) is 4.48. The van der Waals surface area contributed by atoms with Gasteiger partial charge in [0.2, 0.25) is 10.0 Å². The van der Waals surface area contributed by atoms with Crippen LogP contribution in [0.3, 0.4) is 0 Å². The summed E-state index contributed by atoms with van der Waals surface area (Å²) in [5, 5.41) is 1.72. The molecule has 3 rings (SSSR count). The maximum Gasteiger partial charge on any atom is 0.314 e. The molecule has 0 saturated heterocycles. The first-order chi connectivity index (χ1) is 15.8. The third kappa shape index (κ3) is 6.47. The Hall–Kier alpha value is -3.07. The minimum atomic E-state index is -4.10. The number of esters is 1. The Labute approximate surface area is 198 Å². The van der Waals surface area contributed by atoms with Gasteiger partial charge in [-0.25, -0.2) is 8.42 Å². The third-order valence-corrected chi connectivity index (χ3v) is 7.21. The average Bonchev–Trinajstić information content (AvgIpc) is 3.34. The van der Waals surface area contributed by atoms with Crippen molar-refractivity contribution >= 4 is 39.2 Å². The van der Waals surface area contributed by atoms with Crippen LogP contribution in [0.1, 0.15) is 27.7 Å². The fourth-order valence-corrected chi connectivity index (χ4v) is 5.08. The number of nitrogens with one attached hydrogen (secondary N) is 1. The SMILES string of the molecule is CCOC(=O)C(/C=C/c1ccccc1)C(NS(=O)(=O)c1ccc(C)cc1)C(=O)c1cccs1. The van der Waals surface area contributed by atoms with Crippen molar-refractivity contribution in [3.63, 3.8) is 0 Å². The molecule has 8 heteroatoms. The summed E-state index contributed by atoms with van der Waals surface area (Å²) >= 11 is 1.18. The highest BCUT2D eigenvalue weighted by atomic mass is 32.2. The lowest BCUT2D eigenvalue weighted by Crippen LogP contribution is -2.48. The highest BCUT2D eigenvalue weighted by Gasteiger charge is 2.37. The fourth-order valence-electron chi connectivity index (χ4n) is 3.16. The van der Waals surface area contributed by atoms with Gasteiger partial charge in [-0.1, -0.05) is 66.2 Å². The quantitative estimate of drug-likeness (QED) is 0.339. The van der Waals surface area contributed by atoms with Crippen LogP contribution in [0.4, 0.5) is 0 Å². The van der Waals surface area contributed by atoms with Gasteiger partial charge in [-0.05, 0) is 43.0 Å². The summed E-state index contributed by atoms with van der Waals surface area (Å²) in [6.07, 6.45) is 3.19. The van der Waals surface area contributed by atoms with E-state index in [0.717, 1.165) is 11.1 Å². The van der Waals surface area contributed by atoms with E-state index in [2.05, 4.69) is 4.72 Å². The smallest absolute Gasteiger partial charge is 0.314 e. The predicted molar refractivity (Wildman–Crippen MR) is 130 cm³/mol. The van der Waals surface area contributed by atoms with Crippen molar-refractivity contribution in [3.05, 3.63) is 94.2 Å². The maximum absolute atomic E-state index is 13.4. The molecule has 6 nitrogen and oxygen atoms in total. The van der Waals surface area contributed by atoms with E-state index in [-0.39, 0.29) is 11.5 Å². The van der Waals surface area contributed by atoms with Crippen molar-refractivity contribution in [2.45, 2.75) is 24.8 Å². The first kappa shape index (κ1) is 24.6. The summed E-state index contributed by atoms with van der Waals surface area (Å²) in [5.41, 5.74) is 1.70. The van der Waals surface area contributed by atoms with Gasteiger partial charge in [-0.2, -0.15) is 4.72 Å². The molecular weight excluding hydrogens is 458 g/mol. The van der Waals surface area contributed by atoms with E-state index in [0.29, 0.717) is 4.88 Å². The lowest BCUT2D eigenvalue weighted by Gasteiger charge is -2.23. The summed E-state index contributed by atoms with van der Waals surface area (Å²) in [6, 6.07) is 17.4. The molecule has 0 saturated carbocycles. The van der Waals surface area contributed by atoms with Crippen LogP contribution >= 0.6 is 11.3 Å². The van der Waals surface area contributed by atoms with E-state index in [9.17, 15) is 18.0 Å². The number of benzene rings is 2. The average molecular weight is 484 g/mol. The first-order valence-corrected chi connectivity index (χ1v) is 12.7. The van der Waals surface area contributed by atoms with Crippen LogP contribution in [0.15, 0.2) is 83.1 Å². The number of ketones is 1. The second-order valence-electron chi connectivity index (χ2n) is 7.30. The standard InChI is InChI=1S/C25H25NO5S2/c1-3-31-25(28)21(16-13-19-8-5-4-6-9-19)23(24(27)22-10-7-17-32-22)26-33(29,30)20-14-11-18(2)12-15-20/h4-17,21,23,26H,3H2,1-2H3/b16-13+. The zero-order chi connectivity index (χ0) is 23.8. The van der Waals surface area contributed by atoms with Gasteiger partial charge in [-0.15, -0.1) is 11.3 Å². The molecule has 0 fully saturated rings. The summed E-state index contributed by atoms with van der Waals surface area (Å²) in [6.45, 7) is 3.60. The zero-order valence-electron chi connectivity index (χ0n) is 18.3. The molecule has 1 N–H and O–H groups in total. The Morgan fingerprint density at radius 3 is 2.33 bits per heavy atom. The monoisotopic (exact) mass is 483 g/mol. The number of Topliss-reactive ketones (excluding diaryl/α,β-unsaturated/α-hetero) is 1. The van der Waals surface area contributed by atoms with Gasteiger partial charge in [-0.3, -0.25) is 9.59 Å². The molecule has 0 aliphatic heterocycles. The highest BCUT2D eigenvalue weighted by Crippen LogP contribution is 2.22. The van der Waals surface area contributed by atoms with Gasteiger partial charge in [0.25, 0.3) is 0 Å². The highest BCUT2D eigenvalue weighted by molar-refractivity contribution is 7.89. The third-order valence-electron chi connectivity index (χ3n) is 4.87. The molecule has 0 amide bonds. The van der Waals surface area contributed by atoms with E-state index in [1.807, 2.05) is 37.3 Å². The van der Waals surface area contributed by atoms with Crippen molar-refractivity contribution in [3.8, 4) is 0 Å². The molecule has 1 heterocycles. The Morgan fingerprint density at radius 2 is 1.73 bits per heavy atom. The van der Waals surface area contributed by atoms with Gasteiger partial charge < -0.3 is 4.74 Å². The zero-order valence-corrected chi connectivity index (χ0v) is 19.9. The Morgan fingerprint density at radius 1 is 1.03 bits per heavy atom. The lowest BCUT2D eigenvalue weighted by molar-refractivity contribution is -0.146. The number of aryl methyl sites for hydroxylation is 1. The van der Waals surface area contributed by atoms with Crippen LogP contribution < -0.4 is 4.72 Å². The summed E-state index contributed by atoms with van der Waals surface area (Å²) in [5.74, 6) is -2.36. The number of sulfonamides is 1.